The van der Waals surface area contributed by atoms with Crippen molar-refractivity contribution in [1.82, 2.24) is 4.57 Å². The summed E-state index contributed by atoms with van der Waals surface area (Å²) < 4.78 is 5.12. The first-order valence-corrected chi connectivity index (χ1v) is 15.8. The van der Waals surface area contributed by atoms with Gasteiger partial charge in [-0.2, -0.15) is 0 Å². The van der Waals surface area contributed by atoms with Gasteiger partial charge in [0.25, 0.3) is 0 Å². The van der Waals surface area contributed by atoms with Gasteiger partial charge in [0.05, 0.1) is 11.0 Å². The van der Waals surface area contributed by atoms with Gasteiger partial charge in [0.15, 0.2) is 0 Å². The third kappa shape index (κ3) is 4.00. The van der Waals surface area contributed by atoms with Gasteiger partial charge in [-0.25, -0.2) is 0 Å². The van der Waals surface area contributed by atoms with Gasteiger partial charge in [0.2, 0.25) is 0 Å². The molecule has 0 aliphatic heterocycles. The van der Waals surface area contributed by atoms with E-state index < -0.39 is 0 Å². The zero-order chi connectivity index (χ0) is 29.0. The zero-order valence-corrected chi connectivity index (χ0v) is 24.8. The topological polar surface area (TPSA) is 4.93 Å². The van der Waals surface area contributed by atoms with Crippen molar-refractivity contribution < 1.29 is 0 Å². The number of nitrogens with zero attached hydrogens (tertiary/aromatic N) is 1. The Bertz CT molecular complexity index is 2420. The number of fused-ring (bicyclic) bond motifs is 6. The van der Waals surface area contributed by atoms with Crippen LogP contribution >= 0.6 is 11.3 Å². The average molecular weight is 578 g/mol. The summed E-state index contributed by atoms with van der Waals surface area (Å²) in [5, 5.41) is 5.19. The molecule has 2 aromatic heterocycles. The van der Waals surface area contributed by atoms with E-state index in [9.17, 15) is 0 Å². The number of hydrogen-bond donors (Lipinski definition) is 0. The molecule has 0 N–H and O–H groups in total. The lowest BCUT2D eigenvalue weighted by molar-refractivity contribution is 1.18. The maximum absolute atomic E-state index is 2.44. The van der Waals surface area contributed by atoms with E-state index >= 15 is 0 Å². The second-order valence-corrected chi connectivity index (χ2v) is 12.4. The number of benzene rings is 7. The minimum Gasteiger partial charge on any atom is -0.309 e. The summed E-state index contributed by atoms with van der Waals surface area (Å²) in [6, 6.07) is 59.7. The average Bonchev–Trinajstić information content (AvgIpc) is 3.64. The number of para-hydroxylation sites is 1. The van der Waals surface area contributed by atoms with Crippen LogP contribution in [-0.2, 0) is 0 Å². The molecule has 0 aliphatic carbocycles. The maximum atomic E-state index is 2.44. The van der Waals surface area contributed by atoms with Crippen LogP contribution in [-0.4, -0.2) is 4.57 Å². The molecular formula is C42H27NS. The third-order valence-electron chi connectivity index (χ3n) is 8.78. The van der Waals surface area contributed by atoms with Crippen molar-refractivity contribution in [2.45, 2.75) is 0 Å². The Hall–Kier alpha value is -5.44. The molecule has 0 spiro atoms. The molecule has 9 aromatic rings. The van der Waals surface area contributed by atoms with E-state index in [1.807, 2.05) is 11.3 Å². The van der Waals surface area contributed by atoms with Crippen LogP contribution in [0, 0.1) is 0 Å². The van der Waals surface area contributed by atoms with E-state index in [0.717, 1.165) is 5.69 Å². The van der Waals surface area contributed by atoms with Crippen LogP contribution in [0.25, 0.3) is 81.0 Å². The fourth-order valence-electron chi connectivity index (χ4n) is 6.73. The highest BCUT2D eigenvalue weighted by atomic mass is 32.1. The third-order valence-corrected chi connectivity index (χ3v) is 10.00. The van der Waals surface area contributed by atoms with Gasteiger partial charge in [-0.15, -0.1) is 11.3 Å². The number of thiophene rings is 1. The minimum atomic E-state index is 1.16. The van der Waals surface area contributed by atoms with E-state index in [2.05, 4.69) is 168 Å². The number of rotatable bonds is 4. The molecule has 0 saturated heterocycles. The Morgan fingerprint density at radius 1 is 0.364 bits per heavy atom. The van der Waals surface area contributed by atoms with Crippen LogP contribution in [0.2, 0.25) is 0 Å². The van der Waals surface area contributed by atoms with E-state index in [4.69, 9.17) is 0 Å². The largest absolute Gasteiger partial charge is 0.309 e. The second-order valence-electron chi connectivity index (χ2n) is 11.4. The first-order valence-electron chi connectivity index (χ1n) is 15.0. The molecular weight excluding hydrogens is 551 g/mol. The summed E-state index contributed by atoms with van der Waals surface area (Å²) in [7, 11) is 0. The van der Waals surface area contributed by atoms with Crippen LogP contribution in [0.1, 0.15) is 0 Å². The summed E-state index contributed by atoms with van der Waals surface area (Å²) in [6.45, 7) is 0. The molecule has 0 fully saturated rings. The van der Waals surface area contributed by atoms with Gasteiger partial charge >= 0.3 is 0 Å². The van der Waals surface area contributed by atoms with E-state index in [0.29, 0.717) is 0 Å². The highest BCUT2D eigenvalue weighted by Gasteiger charge is 2.17. The lowest BCUT2D eigenvalue weighted by atomic mass is 9.98. The van der Waals surface area contributed by atoms with Crippen LogP contribution in [0.5, 0.6) is 0 Å². The van der Waals surface area contributed by atoms with Gasteiger partial charge in [-0.3, -0.25) is 0 Å². The molecule has 0 bridgehead atoms. The molecule has 2 heterocycles. The van der Waals surface area contributed by atoms with Crippen LogP contribution < -0.4 is 0 Å². The Morgan fingerprint density at radius 3 is 1.73 bits per heavy atom. The van der Waals surface area contributed by atoms with Crippen LogP contribution in [0.3, 0.4) is 0 Å². The highest BCUT2D eigenvalue weighted by Crippen LogP contribution is 2.42. The molecule has 0 atom stereocenters. The SMILES string of the molecule is c1ccc(-c2cc(-c3ccccc3)cc(-n3c4ccccc4c4cc(-c5cccc6c5sc5ccccc56)ccc43)c2)cc1. The van der Waals surface area contributed by atoms with E-state index in [1.54, 1.807) is 0 Å². The summed E-state index contributed by atoms with van der Waals surface area (Å²) >= 11 is 1.89. The highest BCUT2D eigenvalue weighted by molar-refractivity contribution is 7.26. The van der Waals surface area contributed by atoms with Crippen LogP contribution in [0.4, 0.5) is 0 Å². The molecule has 9 rings (SSSR count). The van der Waals surface area contributed by atoms with Crippen molar-refractivity contribution >= 4 is 53.3 Å². The molecule has 0 saturated carbocycles. The fourth-order valence-corrected chi connectivity index (χ4v) is 7.97. The first kappa shape index (κ1) is 25.1. The standard InChI is InChI=1S/C42H27NS/c1-3-12-28(13-4-1)31-24-32(29-14-5-2-6-15-29)26-33(25-31)43-39-20-9-7-16-35(39)38-27-30(22-23-40(38)43)34-18-11-19-37-36-17-8-10-21-41(36)44-42(34)37/h1-27H. The summed E-state index contributed by atoms with van der Waals surface area (Å²) in [6.07, 6.45) is 0. The maximum Gasteiger partial charge on any atom is 0.0541 e. The van der Waals surface area contributed by atoms with E-state index in [1.165, 1.54) is 75.4 Å². The summed E-state index contributed by atoms with van der Waals surface area (Å²) in [5.74, 6) is 0. The van der Waals surface area contributed by atoms with Crippen LogP contribution in [0.15, 0.2) is 164 Å². The molecule has 1 nitrogen and oxygen atoms in total. The Morgan fingerprint density at radius 2 is 0.977 bits per heavy atom. The van der Waals surface area contributed by atoms with Gasteiger partial charge in [-0.05, 0) is 75.8 Å². The predicted molar refractivity (Wildman–Crippen MR) is 190 cm³/mol. The molecule has 0 amide bonds. The van der Waals surface area contributed by atoms with Crippen molar-refractivity contribution in [3.05, 3.63) is 164 Å². The fraction of sp³-hybridized carbons (Fsp3) is 0. The van der Waals surface area contributed by atoms with Crippen molar-refractivity contribution in [2.24, 2.45) is 0 Å². The molecule has 0 unspecified atom stereocenters. The van der Waals surface area contributed by atoms with Gasteiger partial charge in [-0.1, -0.05) is 121 Å². The second kappa shape index (κ2) is 10.1. The predicted octanol–water partition coefficient (Wildman–Crippen LogP) is 12.2. The smallest absolute Gasteiger partial charge is 0.0541 e. The monoisotopic (exact) mass is 577 g/mol. The van der Waals surface area contributed by atoms with Gasteiger partial charge in [0, 0.05) is 36.6 Å². The van der Waals surface area contributed by atoms with Crippen molar-refractivity contribution in [2.75, 3.05) is 0 Å². The number of hydrogen-bond acceptors (Lipinski definition) is 1. The molecule has 206 valence electrons. The zero-order valence-electron chi connectivity index (χ0n) is 23.9. The van der Waals surface area contributed by atoms with E-state index in [-0.39, 0.29) is 0 Å². The lowest BCUT2D eigenvalue weighted by Gasteiger charge is -2.14. The summed E-state index contributed by atoms with van der Waals surface area (Å²) in [4.78, 5) is 0. The molecule has 7 aromatic carbocycles. The van der Waals surface area contributed by atoms with Crippen molar-refractivity contribution in [3.8, 4) is 39.1 Å². The number of aromatic nitrogens is 1. The summed E-state index contributed by atoms with van der Waals surface area (Å²) in [5.41, 5.74) is 11.0. The van der Waals surface area contributed by atoms with Crippen molar-refractivity contribution in [3.63, 3.8) is 0 Å². The Labute approximate surface area is 259 Å². The quantitative estimate of drug-likeness (QED) is 0.196. The Kier molecular flexibility index (Phi) is 5.75. The van der Waals surface area contributed by atoms with Gasteiger partial charge < -0.3 is 4.57 Å². The normalized spacial score (nSPS) is 11.6. The van der Waals surface area contributed by atoms with Gasteiger partial charge in [0.1, 0.15) is 0 Å². The molecule has 0 radical (unpaired) electrons. The minimum absolute atomic E-state index is 1.16. The van der Waals surface area contributed by atoms with Crippen molar-refractivity contribution in [1.29, 1.82) is 0 Å². The Balaban J connectivity index is 1.30. The molecule has 44 heavy (non-hydrogen) atoms. The molecule has 0 aliphatic rings. The first-order chi connectivity index (χ1) is 21.8. The molecule has 2 heteroatoms. The lowest BCUT2D eigenvalue weighted by Crippen LogP contribution is -1.96.